The molecule has 4 heteroatoms. The van der Waals surface area contributed by atoms with E-state index in [1.165, 1.54) is 16.7 Å². The first-order valence-electron chi connectivity index (χ1n) is 60.9. The molecular weight excluding hydrogens is 1740 g/mol. The van der Waals surface area contributed by atoms with E-state index in [0.29, 0.717) is 44.3 Å². The van der Waals surface area contributed by atoms with Crippen LogP contribution in [0.5, 0.6) is 0 Å². The van der Waals surface area contributed by atoms with Gasteiger partial charge in [0.2, 0.25) is 0 Å². The SMILES string of the molecule is [2H]c1c([2H])c(C)c([2H])c(-c2cccc3c2c2c(C(C)(C)C)cccc2n3-c2ccccc2)c1[2H].[2H]c1c([2H])c([2H])c(-c2cccc3c2c2c(C(C)(C)C)c(-c4c([2H])c([2H])c([2H])c(C)c4[2H])ccc2n3-c2ccccc2)c([2H])c1[2H].[2H]c1c([2H])c([2H])c(-c2cccc3c2c2c(C(C)(C)C)c(-c4cc(C(C)(C)C)cc(C(C)(C)C)c4)ccc2n3-c2ccccc2)c([2H])c1[2H].[2H]c1c([2H])c([2H])c(-c2cccc3c2c2c(C(C)(C)C)c(-c4ccccc4)ccc2n3-c2ccccc2)c([2H])c1[2H]. The zero-order valence-corrected chi connectivity index (χ0v) is 85.6. The molecule has 0 saturated carbocycles. The van der Waals surface area contributed by atoms with Crippen molar-refractivity contribution in [2.24, 2.45) is 0 Å². The molecule has 0 spiro atoms. The van der Waals surface area contributed by atoms with Crippen LogP contribution in [0.15, 0.2) is 436 Å². The Hall–Kier alpha value is -15.6. The predicted octanol–water partition coefficient (Wildman–Crippen LogP) is 39.2. The summed E-state index contributed by atoms with van der Waals surface area (Å²) in [6.07, 6.45) is 0. The molecule has 4 aromatic heterocycles. The zero-order valence-electron chi connectivity index (χ0n) is 109. The average Bonchev–Trinajstić information content (AvgIpc) is 1.55. The molecule has 0 bridgehead atoms. The van der Waals surface area contributed by atoms with Crippen LogP contribution in [0.2, 0.25) is 0 Å². The Bertz CT molecular complexity index is 10000. The van der Waals surface area contributed by atoms with Gasteiger partial charge in [-0.05, 0) is 255 Å². The molecule has 0 radical (unpaired) electrons. The second-order valence-corrected chi connectivity index (χ2v) is 43.5. The van der Waals surface area contributed by atoms with Crippen molar-refractivity contribution in [3.8, 4) is 101 Å². The van der Waals surface area contributed by atoms with Gasteiger partial charge in [-0.25, -0.2) is 0 Å². The molecule has 0 aliphatic carbocycles. The molecular formula is C140H132N4. The van der Waals surface area contributed by atoms with Crippen LogP contribution < -0.4 is 0 Å². The molecule has 4 nitrogen and oxygen atoms in total. The van der Waals surface area contributed by atoms with Gasteiger partial charge in [-0.1, -0.05) is 475 Å². The van der Waals surface area contributed by atoms with Crippen molar-refractivity contribution >= 4 is 87.2 Å². The maximum Gasteiger partial charge on any atom is 0.0632 e. The van der Waals surface area contributed by atoms with Crippen LogP contribution in [-0.2, 0) is 32.5 Å². The highest BCUT2D eigenvalue weighted by molar-refractivity contribution is 6.23. The van der Waals surface area contributed by atoms with E-state index in [4.69, 9.17) is 31.5 Å². The van der Waals surface area contributed by atoms with Crippen molar-refractivity contribution in [1.82, 2.24) is 18.3 Å². The lowest BCUT2D eigenvalue weighted by molar-refractivity contribution is 0.568. The van der Waals surface area contributed by atoms with Gasteiger partial charge in [-0.15, -0.1) is 0 Å². The van der Waals surface area contributed by atoms with Gasteiger partial charge >= 0.3 is 0 Å². The number of benzene rings is 19. The summed E-state index contributed by atoms with van der Waals surface area (Å²) >= 11 is 0. The van der Waals surface area contributed by atoms with Crippen molar-refractivity contribution < 1.29 is 31.5 Å². The number of nitrogens with zero attached hydrogens (tertiary/aromatic N) is 4. The second kappa shape index (κ2) is 38.3. The largest absolute Gasteiger partial charge is 0.309 e. The van der Waals surface area contributed by atoms with E-state index in [2.05, 4.69) is 250 Å². The van der Waals surface area contributed by atoms with Gasteiger partial charge in [0.1, 0.15) is 0 Å². The molecule has 0 aliphatic rings. The third-order valence-electron chi connectivity index (χ3n) is 27.2. The summed E-state index contributed by atoms with van der Waals surface area (Å²) < 4.78 is 206. The van der Waals surface area contributed by atoms with E-state index >= 15 is 0 Å². The maximum atomic E-state index is 8.99. The number of fused-ring (bicyclic) bond motifs is 12. The lowest BCUT2D eigenvalue weighted by Gasteiger charge is -2.29. The maximum absolute atomic E-state index is 8.99. The fraction of sp³-hybridized carbons (Fsp3) is 0.186. The topological polar surface area (TPSA) is 19.7 Å². The molecule has 23 rings (SSSR count). The average molecular weight is 1890 g/mol. The highest BCUT2D eigenvalue weighted by atomic mass is 15.0. The van der Waals surface area contributed by atoms with Crippen molar-refractivity contribution in [3.63, 3.8) is 0 Å². The lowest BCUT2D eigenvalue weighted by Crippen LogP contribution is -2.17. The minimum absolute atomic E-state index is 0.0171. The Labute approximate surface area is 884 Å². The van der Waals surface area contributed by atoms with Gasteiger partial charge in [0.15, 0.2) is 0 Å². The fourth-order valence-corrected chi connectivity index (χ4v) is 21.0. The molecule has 0 fully saturated rings. The van der Waals surface area contributed by atoms with Crippen LogP contribution in [0.1, 0.15) is 201 Å². The van der Waals surface area contributed by atoms with Crippen molar-refractivity contribution in [2.45, 2.75) is 171 Å². The van der Waals surface area contributed by atoms with Crippen molar-refractivity contribution in [1.29, 1.82) is 0 Å². The van der Waals surface area contributed by atoms with Crippen molar-refractivity contribution in [2.75, 3.05) is 0 Å². The fourth-order valence-electron chi connectivity index (χ4n) is 21.0. The van der Waals surface area contributed by atoms with Gasteiger partial charge in [0.25, 0.3) is 0 Å². The van der Waals surface area contributed by atoms with Gasteiger partial charge in [0.05, 0.1) is 75.7 Å². The molecule has 0 N–H and O–H groups in total. The van der Waals surface area contributed by atoms with Crippen LogP contribution in [-0.4, -0.2) is 18.3 Å². The Kier molecular flexibility index (Phi) is 19.1. The second-order valence-electron chi connectivity index (χ2n) is 43.5. The van der Waals surface area contributed by atoms with E-state index in [0.717, 1.165) is 149 Å². The molecule has 4 heterocycles. The highest BCUT2D eigenvalue weighted by Gasteiger charge is 2.34. The molecule has 0 aliphatic heterocycles. The van der Waals surface area contributed by atoms with E-state index in [1.807, 2.05) is 185 Å². The molecule has 0 atom stereocenters. The summed E-state index contributed by atoms with van der Waals surface area (Å²) in [6.45, 7) is 42.9. The third kappa shape index (κ3) is 18.3. The van der Waals surface area contributed by atoms with Gasteiger partial charge in [-0.2, -0.15) is 0 Å². The number of aromatic nitrogens is 4. The van der Waals surface area contributed by atoms with Gasteiger partial charge < -0.3 is 18.3 Å². The summed E-state index contributed by atoms with van der Waals surface area (Å²) in [6, 6.07) is 94.4. The van der Waals surface area contributed by atoms with E-state index in [9.17, 15) is 0 Å². The van der Waals surface area contributed by atoms with Gasteiger partial charge in [-0.3, -0.25) is 0 Å². The van der Waals surface area contributed by atoms with E-state index in [1.54, 1.807) is 19.9 Å². The number of para-hydroxylation sites is 4. The first kappa shape index (κ1) is 71.8. The molecule has 0 unspecified atom stereocenters. The third-order valence-corrected chi connectivity index (χ3v) is 27.2. The first-order valence-corrected chi connectivity index (χ1v) is 49.4. The molecule has 144 heavy (non-hydrogen) atoms. The quantitative estimate of drug-likeness (QED) is 0.123. The van der Waals surface area contributed by atoms with Crippen molar-refractivity contribution in [3.05, 3.63) is 481 Å². The monoisotopic (exact) mass is 1890 g/mol. The molecule has 0 amide bonds. The molecule has 19 aromatic carbocycles. The Balaban J connectivity index is 0.000000132. The Morgan fingerprint density at radius 3 is 0.743 bits per heavy atom. The van der Waals surface area contributed by atoms with Crippen LogP contribution in [0.4, 0.5) is 0 Å². The summed E-state index contributed by atoms with van der Waals surface area (Å²) in [7, 11) is 0. The summed E-state index contributed by atoms with van der Waals surface area (Å²) in [4.78, 5) is 0. The molecule has 23 aromatic rings. The summed E-state index contributed by atoms with van der Waals surface area (Å²) in [5, 5.41) is 7.33. The van der Waals surface area contributed by atoms with Crippen LogP contribution in [0.3, 0.4) is 0 Å². The van der Waals surface area contributed by atoms with Crippen LogP contribution in [0, 0.1) is 13.8 Å². The highest BCUT2D eigenvalue weighted by Crippen LogP contribution is 2.53. The first-order chi connectivity index (χ1) is 78.7. The summed E-state index contributed by atoms with van der Waals surface area (Å²) in [5.41, 5.74) is 26.4. The Morgan fingerprint density at radius 1 is 0.181 bits per heavy atom. The number of hydrogen-bond donors (Lipinski definition) is 0. The van der Waals surface area contributed by atoms with E-state index in [-0.39, 0.29) is 164 Å². The molecule has 0 saturated heterocycles. The van der Waals surface area contributed by atoms with Crippen LogP contribution in [0.25, 0.3) is 188 Å². The normalized spacial score (nSPS) is 14.4. The number of hydrogen-bond acceptors (Lipinski definition) is 0. The minimum Gasteiger partial charge on any atom is -0.309 e. The zero-order chi connectivity index (χ0) is 120. The smallest absolute Gasteiger partial charge is 0.0632 e. The number of rotatable bonds is 11. The molecule has 712 valence electrons. The predicted molar refractivity (Wildman–Crippen MR) is 623 cm³/mol. The van der Waals surface area contributed by atoms with Gasteiger partial charge in [0, 0.05) is 65.8 Å². The van der Waals surface area contributed by atoms with Crippen LogP contribution >= 0.6 is 0 Å². The standard InChI is InChI=1S/C42H45N.C35H31N.C34H29N.C29H27N/c1-40(2,3)30-25-29(26-31(27-30)41(4,5)6)34-23-24-36-38(39(34)42(7,8)9)37-33(28-17-12-10-13-18-28)21-16-22-35(37)43(36)32-19-14-11-15-20-32;1-24-13-11-16-26(23-24)29-21-22-31-33(34(29)35(2,3)4)32-28(25-14-7-5-8-15-25)19-12-20-30(32)36(31)27-17-9-6-10-18-27;1-34(2,3)33-28(25-16-9-5-10-17-25)22-23-30-32(33)31-27(24-14-7-4-8-15-24)20-13-21-29(31)35(30)26-18-11-6-12-19-26;1-20-11-8-12-21(19-20)23-15-9-17-25-27(23)28-24(29(2,3)4)16-10-18-26(28)30(25)22-13-6-5-7-14-22/h10-27H,1-9H3;5-23H,1-4H3;4-23H,1-3H3;5-19H,1-4H3/i10D,12D,13D,17D,18D;5D,7D,8D,11D,13D,14D,15D,16D,23D;4D,7D,8D,14D,15D;8D,11D,12D,19D. The lowest BCUT2D eigenvalue weighted by atomic mass is 9.75. The minimum atomic E-state index is -0.577. The Morgan fingerprint density at radius 2 is 0.438 bits per heavy atom. The summed E-state index contributed by atoms with van der Waals surface area (Å²) in [5.74, 6) is 0. The van der Waals surface area contributed by atoms with E-state index < -0.39 is 29.6 Å².